The monoisotopic (exact) mass is 277 g/mol. The second-order valence-electron chi connectivity index (χ2n) is 3.69. The quantitative estimate of drug-likeness (QED) is 0.785. The zero-order chi connectivity index (χ0) is 14.5. The van der Waals surface area contributed by atoms with Gasteiger partial charge in [0.2, 0.25) is 0 Å². The molecule has 1 rings (SSSR count). The van der Waals surface area contributed by atoms with Crippen LogP contribution >= 0.6 is 0 Å². The van der Waals surface area contributed by atoms with Crippen molar-refractivity contribution in [2.24, 2.45) is 0 Å². The van der Waals surface area contributed by atoms with Crippen LogP contribution in [0.3, 0.4) is 0 Å². The first kappa shape index (κ1) is 15.3. The van der Waals surface area contributed by atoms with Crippen molar-refractivity contribution in [2.45, 2.75) is 13.1 Å². The summed E-state index contributed by atoms with van der Waals surface area (Å²) < 4.78 is 42.8. The third-order valence-electron chi connectivity index (χ3n) is 2.34. The molecule has 0 aliphatic rings. The number of hydrogen-bond donors (Lipinski definition) is 2. The number of alkyl halides is 3. The van der Waals surface area contributed by atoms with E-state index in [1.807, 2.05) is 6.92 Å². The zero-order valence-corrected chi connectivity index (χ0v) is 10.3. The maximum atomic E-state index is 12.6. The summed E-state index contributed by atoms with van der Waals surface area (Å²) in [5.74, 6) is -1.61. The Kier molecular flexibility index (Phi) is 5.17. The Morgan fingerprint density at radius 3 is 2.63 bits per heavy atom. The van der Waals surface area contributed by atoms with Crippen LogP contribution in [0.2, 0.25) is 0 Å². The number of anilines is 1. The Morgan fingerprint density at radius 1 is 1.42 bits per heavy atom. The molecule has 1 aromatic carbocycles. The van der Waals surface area contributed by atoms with Crippen LogP contribution < -0.4 is 5.32 Å². The minimum Gasteiger partial charge on any atom is -0.478 e. The maximum absolute atomic E-state index is 12.6. The van der Waals surface area contributed by atoms with Crippen molar-refractivity contribution in [1.29, 1.82) is 0 Å². The lowest BCUT2D eigenvalue weighted by molar-refractivity contribution is -0.138. The van der Waals surface area contributed by atoms with Crippen molar-refractivity contribution < 1.29 is 27.8 Å². The average Bonchev–Trinajstić information content (AvgIpc) is 2.33. The Bertz CT molecular complexity index is 446. The van der Waals surface area contributed by atoms with E-state index in [0.717, 1.165) is 12.1 Å². The molecule has 19 heavy (non-hydrogen) atoms. The van der Waals surface area contributed by atoms with Gasteiger partial charge in [-0.15, -0.1) is 0 Å². The van der Waals surface area contributed by atoms with Crippen LogP contribution in [-0.2, 0) is 10.9 Å². The lowest BCUT2D eigenvalue weighted by Gasteiger charge is -2.13. The fourth-order valence-corrected chi connectivity index (χ4v) is 1.49. The number of aromatic carboxylic acids is 1. The molecule has 0 unspecified atom stereocenters. The van der Waals surface area contributed by atoms with Gasteiger partial charge in [-0.1, -0.05) is 0 Å². The van der Waals surface area contributed by atoms with E-state index in [4.69, 9.17) is 9.84 Å². The molecule has 0 saturated heterocycles. The number of hydrogen-bond acceptors (Lipinski definition) is 3. The van der Waals surface area contributed by atoms with E-state index in [9.17, 15) is 18.0 Å². The summed E-state index contributed by atoms with van der Waals surface area (Å²) in [6.07, 6.45) is -4.68. The van der Waals surface area contributed by atoms with E-state index in [1.54, 1.807) is 0 Å². The van der Waals surface area contributed by atoms with Gasteiger partial charge in [-0.3, -0.25) is 0 Å². The molecule has 0 aliphatic heterocycles. The Morgan fingerprint density at radius 2 is 2.11 bits per heavy atom. The predicted molar refractivity (Wildman–Crippen MR) is 63.4 cm³/mol. The minimum absolute atomic E-state index is 0.310. The zero-order valence-electron chi connectivity index (χ0n) is 10.3. The third-order valence-corrected chi connectivity index (χ3v) is 2.34. The van der Waals surface area contributed by atoms with Gasteiger partial charge in [0, 0.05) is 18.8 Å². The van der Waals surface area contributed by atoms with E-state index in [0.29, 0.717) is 25.4 Å². The van der Waals surface area contributed by atoms with Crippen LogP contribution in [0.15, 0.2) is 18.2 Å². The number of nitrogens with one attached hydrogen (secondary N) is 1. The van der Waals surface area contributed by atoms with Gasteiger partial charge in [-0.25, -0.2) is 4.79 Å². The SMILES string of the molecule is CCOCCNc1ccc(C(F)(F)F)c(C(=O)O)c1. The molecular weight excluding hydrogens is 263 g/mol. The summed E-state index contributed by atoms with van der Waals surface area (Å²) in [5, 5.41) is 11.6. The maximum Gasteiger partial charge on any atom is 0.417 e. The highest BCUT2D eigenvalue weighted by atomic mass is 19.4. The lowest BCUT2D eigenvalue weighted by atomic mass is 10.1. The van der Waals surface area contributed by atoms with Crippen LogP contribution in [0.4, 0.5) is 18.9 Å². The fraction of sp³-hybridized carbons (Fsp3) is 0.417. The molecule has 0 atom stereocenters. The Hall–Kier alpha value is -1.76. The van der Waals surface area contributed by atoms with Crippen molar-refractivity contribution >= 4 is 11.7 Å². The summed E-state index contributed by atoms with van der Waals surface area (Å²) in [5.41, 5.74) is -1.62. The van der Waals surface area contributed by atoms with Gasteiger partial charge in [-0.05, 0) is 25.1 Å². The Labute approximate surface area is 108 Å². The molecule has 0 amide bonds. The predicted octanol–water partition coefficient (Wildman–Crippen LogP) is 2.85. The van der Waals surface area contributed by atoms with Crippen molar-refractivity contribution in [1.82, 2.24) is 0 Å². The summed E-state index contributed by atoms with van der Waals surface area (Å²) >= 11 is 0. The molecule has 0 fully saturated rings. The topological polar surface area (TPSA) is 58.6 Å². The van der Waals surface area contributed by atoms with E-state index in [1.165, 1.54) is 6.07 Å². The number of rotatable bonds is 6. The van der Waals surface area contributed by atoms with Crippen LogP contribution in [0.25, 0.3) is 0 Å². The van der Waals surface area contributed by atoms with Crippen LogP contribution in [0, 0.1) is 0 Å². The Balaban J connectivity index is 2.88. The highest BCUT2D eigenvalue weighted by Gasteiger charge is 2.35. The average molecular weight is 277 g/mol. The molecule has 0 bridgehead atoms. The molecule has 0 saturated carbocycles. The molecule has 0 spiro atoms. The van der Waals surface area contributed by atoms with Gasteiger partial charge >= 0.3 is 12.1 Å². The minimum atomic E-state index is -4.68. The van der Waals surface area contributed by atoms with E-state index < -0.39 is 23.3 Å². The summed E-state index contributed by atoms with van der Waals surface area (Å²) in [7, 11) is 0. The molecular formula is C12H14F3NO3. The first-order chi connectivity index (χ1) is 8.86. The molecule has 7 heteroatoms. The van der Waals surface area contributed by atoms with Gasteiger partial charge in [-0.2, -0.15) is 13.2 Å². The first-order valence-electron chi connectivity index (χ1n) is 5.62. The van der Waals surface area contributed by atoms with Gasteiger partial charge in [0.1, 0.15) is 0 Å². The van der Waals surface area contributed by atoms with Crippen molar-refractivity contribution in [3.8, 4) is 0 Å². The molecule has 1 aromatic rings. The van der Waals surface area contributed by atoms with E-state index in [2.05, 4.69) is 5.32 Å². The van der Waals surface area contributed by atoms with Crippen molar-refractivity contribution in [3.05, 3.63) is 29.3 Å². The second kappa shape index (κ2) is 6.42. The highest BCUT2D eigenvalue weighted by Crippen LogP contribution is 2.33. The molecule has 0 aliphatic carbocycles. The van der Waals surface area contributed by atoms with Crippen LogP contribution in [0.1, 0.15) is 22.8 Å². The summed E-state index contributed by atoms with van der Waals surface area (Å²) in [6.45, 7) is 3.13. The fourth-order valence-electron chi connectivity index (χ4n) is 1.49. The summed E-state index contributed by atoms with van der Waals surface area (Å²) in [4.78, 5) is 10.8. The largest absolute Gasteiger partial charge is 0.478 e. The second-order valence-corrected chi connectivity index (χ2v) is 3.69. The molecule has 2 N–H and O–H groups in total. The van der Waals surface area contributed by atoms with Crippen molar-refractivity contribution in [3.63, 3.8) is 0 Å². The van der Waals surface area contributed by atoms with E-state index >= 15 is 0 Å². The number of ether oxygens (including phenoxy) is 1. The van der Waals surface area contributed by atoms with Gasteiger partial charge in [0.15, 0.2) is 0 Å². The molecule has 106 valence electrons. The lowest BCUT2D eigenvalue weighted by Crippen LogP contribution is -2.14. The summed E-state index contributed by atoms with van der Waals surface area (Å²) in [6, 6.07) is 2.92. The molecule has 0 heterocycles. The number of carboxylic acid groups (broad SMARTS) is 1. The highest BCUT2D eigenvalue weighted by molar-refractivity contribution is 5.91. The van der Waals surface area contributed by atoms with Crippen LogP contribution in [-0.4, -0.2) is 30.8 Å². The van der Waals surface area contributed by atoms with Gasteiger partial charge in [0.25, 0.3) is 0 Å². The number of benzene rings is 1. The first-order valence-corrected chi connectivity index (χ1v) is 5.62. The normalized spacial score (nSPS) is 11.4. The molecule has 0 aromatic heterocycles. The number of carbonyl (C=O) groups is 1. The standard InChI is InChI=1S/C12H14F3NO3/c1-2-19-6-5-16-8-3-4-10(12(13,14)15)9(7-8)11(17)18/h3-4,7,16H,2,5-6H2,1H3,(H,17,18). The van der Waals surface area contributed by atoms with Gasteiger partial charge in [0.05, 0.1) is 17.7 Å². The smallest absolute Gasteiger partial charge is 0.417 e. The van der Waals surface area contributed by atoms with E-state index in [-0.39, 0.29) is 0 Å². The molecule has 0 radical (unpaired) electrons. The van der Waals surface area contributed by atoms with Crippen molar-refractivity contribution in [2.75, 3.05) is 25.1 Å². The molecule has 4 nitrogen and oxygen atoms in total. The number of halogens is 3. The van der Waals surface area contributed by atoms with Crippen LogP contribution in [0.5, 0.6) is 0 Å². The third kappa shape index (κ3) is 4.44. The van der Waals surface area contributed by atoms with Gasteiger partial charge < -0.3 is 15.2 Å². The number of carboxylic acids is 1.